The lowest BCUT2D eigenvalue weighted by atomic mass is 10.0. The third-order valence-electron chi connectivity index (χ3n) is 3.41. The Labute approximate surface area is 141 Å². The maximum Gasteiger partial charge on any atom is 0.242 e. The summed E-state index contributed by atoms with van der Waals surface area (Å²) in [6.07, 6.45) is 0. The second-order valence-corrected chi connectivity index (χ2v) is 7.80. The number of nitrogens with one attached hydrogen (secondary N) is 1. The van der Waals surface area contributed by atoms with Gasteiger partial charge in [-0.2, -0.15) is 0 Å². The molecule has 1 atom stereocenters. The highest BCUT2D eigenvalue weighted by molar-refractivity contribution is 7.89. The molecule has 6 heteroatoms. The highest BCUT2D eigenvalue weighted by Crippen LogP contribution is 2.27. The Bertz CT molecular complexity index is 804. The third kappa shape index (κ3) is 3.82. The molecule has 0 saturated carbocycles. The molecule has 2 rings (SSSR count). The molecular weight excluding hydrogens is 341 g/mol. The third-order valence-corrected chi connectivity index (χ3v) is 5.66. The molecule has 0 aliphatic carbocycles. The summed E-state index contributed by atoms with van der Waals surface area (Å²) in [4.78, 5) is -0.0155. The van der Waals surface area contributed by atoms with Crippen molar-refractivity contribution in [1.82, 2.24) is 4.72 Å². The van der Waals surface area contributed by atoms with Crippen LogP contribution in [-0.2, 0) is 10.0 Å². The molecule has 118 valence electrons. The van der Waals surface area contributed by atoms with Gasteiger partial charge < -0.3 is 0 Å². The summed E-state index contributed by atoms with van der Waals surface area (Å²) in [6, 6.07) is 9.90. The van der Waals surface area contributed by atoms with Crippen molar-refractivity contribution in [3.8, 4) is 0 Å². The summed E-state index contributed by atoms with van der Waals surface area (Å²) in [6.45, 7) is 5.75. The van der Waals surface area contributed by atoms with E-state index in [0.29, 0.717) is 5.02 Å². The first-order valence-electron chi connectivity index (χ1n) is 6.75. The Morgan fingerprint density at radius 2 is 1.73 bits per heavy atom. The monoisotopic (exact) mass is 357 g/mol. The van der Waals surface area contributed by atoms with Crippen LogP contribution in [0.25, 0.3) is 0 Å². The first kappa shape index (κ1) is 17.3. The van der Waals surface area contributed by atoms with E-state index in [1.165, 1.54) is 12.1 Å². The molecule has 1 N–H and O–H groups in total. The fourth-order valence-corrected chi connectivity index (χ4v) is 4.34. The molecule has 0 unspecified atom stereocenters. The van der Waals surface area contributed by atoms with Crippen LogP contribution in [0.1, 0.15) is 29.7 Å². The second kappa shape index (κ2) is 6.59. The number of sulfonamides is 1. The van der Waals surface area contributed by atoms with Gasteiger partial charge in [-0.05, 0) is 50.1 Å². The molecule has 0 saturated heterocycles. The van der Waals surface area contributed by atoms with Gasteiger partial charge in [0.15, 0.2) is 0 Å². The van der Waals surface area contributed by atoms with Crippen molar-refractivity contribution < 1.29 is 8.42 Å². The van der Waals surface area contributed by atoms with Crippen LogP contribution in [0.5, 0.6) is 0 Å². The van der Waals surface area contributed by atoms with E-state index >= 15 is 0 Å². The SMILES string of the molecule is Cc1ccc([C@@H](C)NS(=O)(=O)c2cc(Cl)ccc2Cl)c(C)c1. The normalized spacial score (nSPS) is 13.1. The van der Waals surface area contributed by atoms with Crippen molar-refractivity contribution in [3.63, 3.8) is 0 Å². The van der Waals surface area contributed by atoms with Crippen molar-refractivity contribution in [3.05, 3.63) is 63.1 Å². The van der Waals surface area contributed by atoms with Gasteiger partial charge in [0.1, 0.15) is 4.90 Å². The maximum atomic E-state index is 12.5. The minimum absolute atomic E-state index is 0.0155. The molecule has 0 fully saturated rings. The highest BCUT2D eigenvalue weighted by atomic mass is 35.5. The Hall–Kier alpha value is -1.07. The van der Waals surface area contributed by atoms with Gasteiger partial charge in [0.25, 0.3) is 0 Å². The molecule has 0 amide bonds. The summed E-state index contributed by atoms with van der Waals surface area (Å²) in [5.41, 5.74) is 3.09. The van der Waals surface area contributed by atoms with Gasteiger partial charge in [-0.25, -0.2) is 13.1 Å². The maximum absolute atomic E-state index is 12.5. The van der Waals surface area contributed by atoms with E-state index in [2.05, 4.69) is 4.72 Å². The Morgan fingerprint density at radius 1 is 1.05 bits per heavy atom. The lowest BCUT2D eigenvalue weighted by Gasteiger charge is -2.18. The van der Waals surface area contributed by atoms with Crippen LogP contribution in [0.2, 0.25) is 10.0 Å². The Morgan fingerprint density at radius 3 is 2.36 bits per heavy atom. The van der Waals surface area contributed by atoms with Crippen LogP contribution < -0.4 is 4.72 Å². The Balaban J connectivity index is 2.34. The average Bonchev–Trinajstić information content (AvgIpc) is 2.40. The van der Waals surface area contributed by atoms with Gasteiger partial charge in [-0.3, -0.25) is 0 Å². The van der Waals surface area contributed by atoms with Gasteiger partial charge in [0.05, 0.1) is 5.02 Å². The van der Waals surface area contributed by atoms with Gasteiger partial charge >= 0.3 is 0 Å². The summed E-state index contributed by atoms with van der Waals surface area (Å²) >= 11 is 11.9. The molecule has 2 aromatic carbocycles. The molecule has 0 radical (unpaired) electrons. The zero-order chi connectivity index (χ0) is 16.5. The Kier molecular flexibility index (Phi) is 5.17. The molecular formula is C16H17Cl2NO2S. The number of hydrogen-bond donors (Lipinski definition) is 1. The van der Waals surface area contributed by atoms with Gasteiger partial charge in [-0.15, -0.1) is 0 Å². The molecule has 0 aliphatic heterocycles. The summed E-state index contributed by atoms with van der Waals surface area (Å²) in [7, 11) is -3.75. The van der Waals surface area contributed by atoms with Crippen LogP contribution in [0.4, 0.5) is 0 Å². The van der Waals surface area contributed by atoms with E-state index in [4.69, 9.17) is 23.2 Å². The molecule has 3 nitrogen and oxygen atoms in total. The fraction of sp³-hybridized carbons (Fsp3) is 0.250. The van der Waals surface area contributed by atoms with Crippen molar-refractivity contribution >= 4 is 33.2 Å². The lowest BCUT2D eigenvalue weighted by molar-refractivity contribution is 0.566. The molecule has 0 aliphatic rings. The van der Waals surface area contributed by atoms with E-state index in [1.54, 1.807) is 13.0 Å². The average molecular weight is 358 g/mol. The van der Waals surface area contributed by atoms with Crippen LogP contribution in [0, 0.1) is 13.8 Å². The summed E-state index contributed by atoms with van der Waals surface area (Å²) in [5, 5.41) is 0.466. The van der Waals surface area contributed by atoms with E-state index in [0.717, 1.165) is 16.7 Å². The minimum Gasteiger partial charge on any atom is -0.207 e. The fourth-order valence-electron chi connectivity index (χ4n) is 2.35. The van der Waals surface area contributed by atoms with E-state index in [1.807, 2.05) is 32.0 Å². The van der Waals surface area contributed by atoms with Crippen molar-refractivity contribution in [1.29, 1.82) is 0 Å². The number of benzene rings is 2. The van der Waals surface area contributed by atoms with E-state index < -0.39 is 10.0 Å². The standard InChI is InChI=1S/C16H17Cl2NO2S/c1-10-4-6-14(11(2)8-10)12(3)19-22(20,21)16-9-13(17)5-7-15(16)18/h4-9,12,19H,1-3H3/t12-/m1/s1. The zero-order valence-corrected chi connectivity index (χ0v) is 14.9. The molecule has 0 spiro atoms. The van der Waals surface area contributed by atoms with E-state index in [9.17, 15) is 8.42 Å². The van der Waals surface area contributed by atoms with Crippen molar-refractivity contribution in [2.24, 2.45) is 0 Å². The smallest absolute Gasteiger partial charge is 0.207 e. The minimum atomic E-state index is -3.75. The predicted octanol–water partition coefficient (Wildman–Crippen LogP) is 4.65. The molecule has 2 aromatic rings. The number of hydrogen-bond acceptors (Lipinski definition) is 2. The number of rotatable bonds is 4. The van der Waals surface area contributed by atoms with E-state index in [-0.39, 0.29) is 16.0 Å². The van der Waals surface area contributed by atoms with Crippen molar-refractivity contribution in [2.45, 2.75) is 31.7 Å². The molecule has 0 bridgehead atoms. The topological polar surface area (TPSA) is 46.2 Å². The van der Waals surface area contributed by atoms with Crippen LogP contribution >= 0.6 is 23.2 Å². The van der Waals surface area contributed by atoms with Gasteiger partial charge in [0.2, 0.25) is 10.0 Å². The lowest BCUT2D eigenvalue weighted by Crippen LogP contribution is -2.27. The highest BCUT2D eigenvalue weighted by Gasteiger charge is 2.22. The van der Waals surface area contributed by atoms with Gasteiger partial charge in [-0.1, -0.05) is 47.0 Å². The number of halogens is 2. The predicted molar refractivity (Wildman–Crippen MR) is 91.1 cm³/mol. The largest absolute Gasteiger partial charge is 0.242 e. The van der Waals surface area contributed by atoms with Crippen LogP contribution in [0.3, 0.4) is 0 Å². The second-order valence-electron chi connectivity index (χ2n) is 5.28. The summed E-state index contributed by atoms with van der Waals surface area (Å²) < 4.78 is 27.7. The van der Waals surface area contributed by atoms with Crippen LogP contribution in [0.15, 0.2) is 41.3 Å². The zero-order valence-electron chi connectivity index (χ0n) is 12.5. The molecule has 22 heavy (non-hydrogen) atoms. The summed E-state index contributed by atoms with van der Waals surface area (Å²) in [5.74, 6) is 0. The quantitative estimate of drug-likeness (QED) is 0.865. The molecule has 0 aromatic heterocycles. The van der Waals surface area contributed by atoms with Gasteiger partial charge in [0, 0.05) is 11.1 Å². The first-order chi connectivity index (χ1) is 10.2. The molecule has 0 heterocycles. The first-order valence-corrected chi connectivity index (χ1v) is 8.99. The number of aryl methyl sites for hydroxylation is 2. The van der Waals surface area contributed by atoms with Crippen LogP contribution in [-0.4, -0.2) is 8.42 Å². The van der Waals surface area contributed by atoms with Crippen molar-refractivity contribution in [2.75, 3.05) is 0 Å².